The van der Waals surface area contributed by atoms with Gasteiger partial charge in [0.1, 0.15) is 11.5 Å². The van der Waals surface area contributed by atoms with Crippen LogP contribution < -0.4 is 10.6 Å². The molecule has 2 aromatic heterocycles. The summed E-state index contributed by atoms with van der Waals surface area (Å²) in [7, 11) is 0. The van der Waals surface area contributed by atoms with E-state index < -0.39 is 0 Å². The first-order chi connectivity index (χ1) is 12.5. The van der Waals surface area contributed by atoms with Crippen LogP contribution in [0.1, 0.15) is 31.9 Å². The number of rotatable bonds is 5. The quantitative estimate of drug-likeness (QED) is 0.839. The number of carbonyl (C=O) groups excluding carboxylic acids is 2. The second-order valence-corrected chi connectivity index (χ2v) is 7.94. The number of furan rings is 1. The summed E-state index contributed by atoms with van der Waals surface area (Å²) >= 11 is 1.40. The Balaban J connectivity index is 1.42. The zero-order chi connectivity index (χ0) is 18.1. The lowest BCUT2D eigenvalue weighted by Gasteiger charge is -2.32. The third-order valence-corrected chi connectivity index (χ3v) is 5.95. The highest BCUT2D eigenvalue weighted by Crippen LogP contribution is 2.40. The van der Waals surface area contributed by atoms with E-state index in [2.05, 4.69) is 20.5 Å². The number of nitrogens with zero attached hydrogens (tertiary/aromatic N) is 2. The minimum absolute atomic E-state index is 0.0893. The minimum Gasteiger partial charge on any atom is -0.458 e. The molecule has 8 heteroatoms. The van der Waals surface area contributed by atoms with Crippen LogP contribution in [0.4, 0.5) is 5.13 Å². The zero-order valence-electron chi connectivity index (χ0n) is 14.7. The lowest BCUT2D eigenvalue weighted by molar-refractivity contribution is -0.126. The third-order valence-electron chi connectivity index (χ3n) is 5.19. The van der Waals surface area contributed by atoms with Gasteiger partial charge in [0, 0.05) is 18.8 Å². The van der Waals surface area contributed by atoms with Gasteiger partial charge >= 0.3 is 0 Å². The first-order valence-corrected chi connectivity index (χ1v) is 9.75. The fraction of sp³-hybridized carbons (Fsp3) is 0.500. The number of thiazole rings is 1. The predicted octanol–water partition coefficient (Wildman–Crippen LogP) is 2.46. The van der Waals surface area contributed by atoms with Gasteiger partial charge in [-0.3, -0.25) is 9.59 Å². The minimum atomic E-state index is -0.250. The Morgan fingerprint density at radius 2 is 2.23 bits per heavy atom. The van der Waals surface area contributed by atoms with Gasteiger partial charge in [-0.1, -0.05) is 0 Å². The smallest absolute Gasteiger partial charge is 0.233 e. The molecule has 4 rings (SSSR count). The van der Waals surface area contributed by atoms with Crippen molar-refractivity contribution >= 4 is 28.3 Å². The summed E-state index contributed by atoms with van der Waals surface area (Å²) in [6.07, 6.45) is 2.97. The summed E-state index contributed by atoms with van der Waals surface area (Å²) in [5.41, 5.74) is 0.439. The Bertz CT molecular complexity index is 826. The van der Waals surface area contributed by atoms with Crippen LogP contribution >= 0.6 is 11.3 Å². The average molecular weight is 374 g/mol. The fourth-order valence-corrected chi connectivity index (χ4v) is 4.48. The second kappa shape index (κ2) is 6.85. The van der Waals surface area contributed by atoms with Crippen molar-refractivity contribution in [2.75, 3.05) is 25.0 Å². The highest BCUT2D eigenvalue weighted by Gasteiger charge is 2.46. The maximum atomic E-state index is 12.8. The molecule has 2 aliphatic heterocycles. The number of amides is 2. The fourth-order valence-electron chi connectivity index (χ4n) is 3.79. The maximum Gasteiger partial charge on any atom is 0.233 e. The van der Waals surface area contributed by atoms with Gasteiger partial charge in [-0.2, -0.15) is 0 Å². The van der Waals surface area contributed by atoms with E-state index in [4.69, 9.17) is 4.42 Å². The van der Waals surface area contributed by atoms with Gasteiger partial charge < -0.3 is 20.0 Å². The van der Waals surface area contributed by atoms with Crippen LogP contribution in [0, 0.1) is 5.41 Å². The van der Waals surface area contributed by atoms with E-state index in [1.807, 2.05) is 17.5 Å². The number of nitrogens with one attached hydrogen (secondary N) is 2. The van der Waals surface area contributed by atoms with Crippen molar-refractivity contribution in [3.8, 4) is 11.5 Å². The summed E-state index contributed by atoms with van der Waals surface area (Å²) < 4.78 is 5.71. The van der Waals surface area contributed by atoms with E-state index in [-0.39, 0.29) is 17.2 Å². The van der Waals surface area contributed by atoms with Crippen molar-refractivity contribution in [2.45, 2.75) is 32.7 Å². The number of hydrogen-bond donors (Lipinski definition) is 2. The topological polar surface area (TPSA) is 87.5 Å². The van der Waals surface area contributed by atoms with Gasteiger partial charge in [0.25, 0.3) is 0 Å². The van der Waals surface area contributed by atoms with E-state index in [1.54, 1.807) is 0 Å². The normalized spacial score (nSPS) is 24.4. The van der Waals surface area contributed by atoms with Gasteiger partial charge in [0.2, 0.25) is 11.8 Å². The van der Waals surface area contributed by atoms with Crippen LogP contribution in [0.15, 0.2) is 21.9 Å². The molecule has 0 saturated carbocycles. The summed E-state index contributed by atoms with van der Waals surface area (Å²) in [6.45, 7) is 4.80. The number of anilines is 1. The van der Waals surface area contributed by atoms with Crippen molar-refractivity contribution in [3.05, 3.63) is 23.3 Å². The van der Waals surface area contributed by atoms with E-state index in [0.29, 0.717) is 28.9 Å². The summed E-state index contributed by atoms with van der Waals surface area (Å²) in [6, 6.07) is 3.64. The Kier molecular flexibility index (Phi) is 4.54. The number of fused-ring (bicyclic) bond motifs is 2. The van der Waals surface area contributed by atoms with Crippen LogP contribution in [0.3, 0.4) is 0 Å². The van der Waals surface area contributed by atoms with Gasteiger partial charge in [-0.05, 0) is 44.5 Å². The highest BCUT2D eigenvalue weighted by molar-refractivity contribution is 7.14. The molecular weight excluding hydrogens is 352 g/mol. The molecule has 2 aliphatic rings. The molecule has 2 amide bonds. The Hall–Kier alpha value is -2.19. The standard InChI is InChI=1S/C18H22N4O3S/c1-12(23)19-9-13-3-4-15(25-13)14-10-26-17(20-14)21-16(24)18-5-2-7-22(11-18)8-6-18/h3-4,10H,2,5-9,11H2,1H3,(H,19,23)(H,20,21,24). The molecule has 4 heterocycles. The highest BCUT2D eigenvalue weighted by atomic mass is 32.1. The monoisotopic (exact) mass is 374 g/mol. The van der Waals surface area contributed by atoms with Crippen molar-refractivity contribution in [1.29, 1.82) is 0 Å². The molecule has 2 N–H and O–H groups in total. The van der Waals surface area contributed by atoms with Crippen molar-refractivity contribution in [3.63, 3.8) is 0 Å². The molecular formula is C18H22N4O3S. The lowest BCUT2D eigenvalue weighted by atomic mass is 9.80. The molecule has 2 unspecified atom stereocenters. The zero-order valence-corrected chi connectivity index (χ0v) is 15.5. The molecule has 7 nitrogen and oxygen atoms in total. The van der Waals surface area contributed by atoms with E-state index in [0.717, 1.165) is 38.9 Å². The molecule has 2 saturated heterocycles. The van der Waals surface area contributed by atoms with Crippen LogP contribution in [0.5, 0.6) is 0 Å². The summed E-state index contributed by atoms with van der Waals surface area (Å²) in [4.78, 5) is 30.7. The van der Waals surface area contributed by atoms with E-state index in [1.165, 1.54) is 18.3 Å². The molecule has 138 valence electrons. The maximum absolute atomic E-state index is 12.8. The Morgan fingerprint density at radius 1 is 1.35 bits per heavy atom. The largest absolute Gasteiger partial charge is 0.458 e. The summed E-state index contributed by atoms with van der Waals surface area (Å²) in [5, 5.41) is 8.18. The molecule has 26 heavy (non-hydrogen) atoms. The van der Waals surface area contributed by atoms with Gasteiger partial charge in [0.05, 0.1) is 12.0 Å². The number of carbonyl (C=O) groups is 2. The van der Waals surface area contributed by atoms with Crippen molar-refractivity contribution in [2.24, 2.45) is 5.41 Å². The third kappa shape index (κ3) is 3.39. The van der Waals surface area contributed by atoms with Crippen molar-refractivity contribution in [1.82, 2.24) is 15.2 Å². The first kappa shape index (κ1) is 17.2. The van der Waals surface area contributed by atoms with Crippen LogP contribution in [-0.2, 0) is 16.1 Å². The number of piperidine rings is 1. The Morgan fingerprint density at radius 3 is 3.08 bits per heavy atom. The summed E-state index contributed by atoms with van der Waals surface area (Å²) in [5.74, 6) is 1.28. The average Bonchev–Trinajstić information content (AvgIpc) is 3.33. The van der Waals surface area contributed by atoms with Gasteiger partial charge in [-0.25, -0.2) is 4.98 Å². The molecule has 2 bridgehead atoms. The molecule has 2 aromatic rings. The molecule has 0 spiro atoms. The Labute approximate surface area is 155 Å². The molecule has 0 aliphatic carbocycles. The number of hydrogen-bond acceptors (Lipinski definition) is 6. The van der Waals surface area contributed by atoms with Gasteiger partial charge in [-0.15, -0.1) is 11.3 Å². The molecule has 0 radical (unpaired) electrons. The first-order valence-electron chi connectivity index (χ1n) is 8.87. The number of aromatic nitrogens is 1. The van der Waals surface area contributed by atoms with Gasteiger partial charge in [0.15, 0.2) is 10.9 Å². The second-order valence-electron chi connectivity index (χ2n) is 7.08. The SMILES string of the molecule is CC(=O)NCc1ccc(-c2csc(NC(=O)C34CCCN(CC3)C4)n2)o1. The molecule has 0 aromatic carbocycles. The molecule has 2 fully saturated rings. The predicted molar refractivity (Wildman–Crippen MR) is 98.7 cm³/mol. The van der Waals surface area contributed by atoms with E-state index in [9.17, 15) is 9.59 Å². The van der Waals surface area contributed by atoms with E-state index >= 15 is 0 Å². The lowest BCUT2D eigenvalue weighted by Crippen LogP contribution is -2.42. The van der Waals surface area contributed by atoms with Crippen molar-refractivity contribution < 1.29 is 14.0 Å². The van der Waals surface area contributed by atoms with Crippen LogP contribution in [0.2, 0.25) is 0 Å². The molecule has 2 atom stereocenters. The van der Waals surface area contributed by atoms with Crippen LogP contribution in [0.25, 0.3) is 11.5 Å². The van der Waals surface area contributed by atoms with Crippen LogP contribution in [-0.4, -0.2) is 41.3 Å².